The smallest absolute Gasteiger partial charge is 0.287 e. The Morgan fingerprint density at radius 1 is 1.78 bits per heavy atom. The zero-order valence-corrected chi connectivity index (χ0v) is 5.01. The summed E-state index contributed by atoms with van der Waals surface area (Å²) in [5.41, 5.74) is 5.92. The lowest BCUT2D eigenvalue weighted by Gasteiger charge is -1.92. The van der Waals surface area contributed by atoms with E-state index in [9.17, 15) is 4.79 Å². The summed E-state index contributed by atoms with van der Waals surface area (Å²) >= 11 is 0. The molecule has 0 saturated heterocycles. The number of aromatic amines is 1. The average molecular weight is 125 g/mol. The van der Waals surface area contributed by atoms with Crippen molar-refractivity contribution in [1.29, 1.82) is 0 Å². The topological polar surface area (TPSA) is 71.8 Å². The van der Waals surface area contributed by atoms with Crippen molar-refractivity contribution in [3.63, 3.8) is 0 Å². The monoisotopic (exact) mass is 125 g/mol. The standard InChI is InChI=1S/C5H7N3O/c1-3-2-7-8-5(9)4(3)6/h2H,1H3,(H2,6,7)(H,8,9). The highest BCUT2D eigenvalue weighted by atomic mass is 16.1. The number of rotatable bonds is 0. The molecule has 4 heteroatoms. The maximum Gasteiger partial charge on any atom is 0.287 e. The Balaban J connectivity index is 3.43. The van der Waals surface area contributed by atoms with Crippen molar-refractivity contribution in [2.45, 2.75) is 6.92 Å². The summed E-state index contributed by atoms with van der Waals surface area (Å²) in [5.74, 6) is 0. The van der Waals surface area contributed by atoms with Gasteiger partial charge in [-0.1, -0.05) is 0 Å². The predicted molar refractivity (Wildman–Crippen MR) is 34.0 cm³/mol. The number of aryl methyl sites for hydroxylation is 1. The molecule has 0 aliphatic carbocycles. The zero-order chi connectivity index (χ0) is 6.85. The molecule has 0 aliphatic heterocycles. The van der Waals surface area contributed by atoms with Crippen molar-refractivity contribution in [2.75, 3.05) is 5.73 Å². The summed E-state index contributed by atoms with van der Waals surface area (Å²) in [7, 11) is 0. The minimum atomic E-state index is -0.324. The van der Waals surface area contributed by atoms with E-state index in [-0.39, 0.29) is 11.2 Å². The third-order valence-electron chi connectivity index (χ3n) is 1.09. The highest BCUT2D eigenvalue weighted by Gasteiger charge is 1.94. The van der Waals surface area contributed by atoms with Crippen LogP contribution in [0.25, 0.3) is 0 Å². The molecule has 3 N–H and O–H groups in total. The predicted octanol–water partition coefficient (Wildman–Crippen LogP) is -0.339. The van der Waals surface area contributed by atoms with Crippen molar-refractivity contribution in [2.24, 2.45) is 0 Å². The third kappa shape index (κ3) is 0.910. The average Bonchev–Trinajstić information content (AvgIpc) is 1.83. The van der Waals surface area contributed by atoms with Crippen LogP contribution in [0.2, 0.25) is 0 Å². The highest BCUT2D eigenvalue weighted by molar-refractivity contribution is 5.40. The number of anilines is 1. The quantitative estimate of drug-likeness (QED) is 0.498. The normalized spacial score (nSPS) is 9.44. The van der Waals surface area contributed by atoms with Crippen LogP contribution in [0.4, 0.5) is 5.69 Å². The first-order valence-corrected chi connectivity index (χ1v) is 2.51. The van der Waals surface area contributed by atoms with Gasteiger partial charge in [-0.3, -0.25) is 4.79 Å². The van der Waals surface area contributed by atoms with E-state index in [1.54, 1.807) is 6.92 Å². The maximum atomic E-state index is 10.6. The van der Waals surface area contributed by atoms with Crippen LogP contribution in [0.1, 0.15) is 5.56 Å². The lowest BCUT2D eigenvalue weighted by molar-refractivity contribution is 0.979. The summed E-state index contributed by atoms with van der Waals surface area (Å²) in [5, 5.41) is 5.74. The van der Waals surface area contributed by atoms with Gasteiger partial charge in [-0.15, -0.1) is 0 Å². The second-order valence-electron chi connectivity index (χ2n) is 1.80. The minimum Gasteiger partial charge on any atom is -0.394 e. The Bertz CT molecular complexity index is 265. The molecule has 4 nitrogen and oxygen atoms in total. The van der Waals surface area contributed by atoms with Crippen LogP contribution in [0.3, 0.4) is 0 Å². The van der Waals surface area contributed by atoms with Crippen molar-refractivity contribution in [3.8, 4) is 0 Å². The molecular formula is C5H7N3O. The van der Waals surface area contributed by atoms with E-state index < -0.39 is 0 Å². The van der Waals surface area contributed by atoms with E-state index in [0.29, 0.717) is 5.56 Å². The van der Waals surface area contributed by atoms with E-state index in [4.69, 9.17) is 5.73 Å². The number of aromatic nitrogens is 2. The fourth-order valence-corrected chi connectivity index (χ4v) is 0.497. The molecular weight excluding hydrogens is 118 g/mol. The molecule has 1 heterocycles. The van der Waals surface area contributed by atoms with Gasteiger partial charge in [0.1, 0.15) is 5.69 Å². The fraction of sp³-hybridized carbons (Fsp3) is 0.200. The molecule has 0 atom stereocenters. The molecule has 1 aromatic rings. The van der Waals surface area contributed by atoms with E-state index in [1.165, 1.54) is 6.20 Å². The lowest BCUT2D eigenvalue weighted by Crippen LogP contribution is -2.13. The van der Waals surface area contributed by atoms with Gasteiger partial charge >= 0.3 is 0 Å². The van der Waals surface area contributed by atoms with Crippen LogP contribution in [-0.2, 0) is 0 Å². The molecule has 0 aliphatic rings. The second kappa shape index (κ2) is 1.89. The number of nitrogens with two attached hydrogens (primary N) is 1. The molecule has 0 unspecified atom stereocenters. The lowest BCUT2D eigenvalue weighted by atomic mass is 10.3. The van der Waals surface area contributed by atoms with Gasteiger partial charge in [-0.05, 0) is 12.5 Å². The van der Waals surface area contributed by atoms with Gasteiger partial charge in [-0.2, -0.15) is 5.10 Å². The van der Waals surface area contributed by atoms with Crippen LogP contribution < -0.4 is 11.3 Å². The summed E-state index contributed by atoms with van der Waals surface area (Å²) in [6.45, 7) is 1.73. The molecule has 9 heavy (non-hydrogen) atoms. The van der Waals surface area contributed by atoms with Crippen LogP contribution >= 0.6 is 0 Å². The van der Waals surface area contributed by atoms with Gasteiger partial charge in [0, 0.05) is 0 Å². The Kier molecular flexibility index (Phi) is 1.22. The van der Waals surface area contributed by atoms with Crippen LogP contribution in [0, 0.1) is 6.92 Å². The van der Waals surface area contributed by atoms with Gasteiger partial charge in [0.15, 0.2) is 0 Å². The summed E-state index contributed by atoms with van der Waals surface area (Å²) in [6, 6.07) is 0. The van der Waals surface area contributed by atoms with Crippen LogP contribution in [0.5, 0.6) is 0 Å². The van der Waals surface area contributed by atoms with Crippen LogP contribution in [-0.4, -0.2) is 10.2 Å². The Morgan fingerprint density at radius 3 is 2.89 bits per heavy atom. The first kappa shape index (κ1) is 5.81. The largest absolute Gasteiger partial charge is 0.394 e. The SMILES string of the molecule is Cc1cn[nH]c(=O)c1N. The molecule has 0 spiro atoms. The first-order valence-electron chi connectivity index (χ1n) is 2.51. The molecule has 0 fully saturated rings. The Morgan fingerprint density at radius 2 is 2.44 bits per heavy atom. The first-order chi connectivity index (χ1) is 4.22. The Hall–Kier alpha value is -1.32. The molecule has 0 amide bonds. The molecule has 0 radical (unpaired) electrons. The van der Waals surface area contributed by atoms with Gasteiger partial charge in [0.25, 0.3) is 5.56 Å². The maximum absolute atomic E-state index is 10.6. The number of hydrogen-bond acceptors (Lipinski definition) is 3. The van der Waals surface area contributed by atoms with Crippen molar-refractivity contribution >= 4 is 5.69 Å². The zero-order valence-electron chi connectivity index (χ0n) is 5.01. The van der Waals surface area contributed by atoms with Gasteiger partial charge in [0.2, 0.25) is 0 Å². The van der Waals surface area contributed by atoms with Gasteiger partial charge < -0.3 is 5.73 Å². The van der Waals surface area contributed by atoms with E-state index >= 15 is 0 Å². The van der Waals surface area contributed by atoms with Crippen molar-refractivity contribution in [1.82, 2.24) is 10.2 Å². The highest BCUT2D eigenvalue weighted by Crippen LogP contribution is 1.96. The molecule has 0 bridgehead atoms. The number of nitrogens with zero attached hydrogens (tertiary/aromatic N) is 1. The fourth-order valence-electron chi connectivity index (χ4n) is 0.497. The van der Waals surface area contributed by atoms with E-state index in [0.717, 1.165) is 0 Å². The van der Waals surface area contributed by atoms with Crippen molar-refractivity contribution < 1.29 is 0 Å². The Labute approximate surface area is 51.7 Å². The summed E-state index contributed by atoms with van der Waals surface area (Å²) in [4.78, 5) is 10.6. The number of nitrogen functional groups attached to an aromatic ring is 1. The molecule has 1 aromatic heterocycles. The van der Waals surface area contributed by atoms with Crippen molar-refractivity contribution in [3.05, 3.63) is 22.1 Å². The molecule has 0 aromatic carbocycles. The third-order valence-corrected chi connectivity index (χ3v) is 1.09. The number of hydrogen-bond donors (Lipinski definition) is 2. The van der Waals surface area contributed by atoms with Crippen LogP contribution in [0.15, 0.2) is 11.0 Å². The second-order valence-corrected chi connectivity index (χ2v) is 1.80. The minimum absolute atomic E-state index is 0.241. The summed E-state index contributed by atoms with van der Waals surface area (Å²) in [6.07, 6.45) is 1.51. The molecule has 0 saturated carbocycles. The molecule has 48 valence electrons. The van der Waals surface area contributed by atoms with Gasteiger partial charge in [-0.25, -0.2) is 5.10 Å². The molecule has 1 rings (SSSR count). The number of H-pyrrole nitrogens is 1. The van der Waals surface area contributed by atoms with Gasteiger partial charge in [0.05, 0.1) is 6.20 Å². The number of nitrogens with one attached hydrogen (secondary N) is 1. The van der Waals surface area contributed by atoms with E-state index in [1.807, 2.05) is 0 Å². The van der Waals surface area contributed by atoms with E-state index in [2.05, 4.69) is 10.2 Å². The summed E-state index contributed by atoms with van der Waals surface area (Å²) < 4.78 is 0.